The van der Waals surface area contributed by atoms with Gasteiger partial charge in [-0.1, -0.05) is 32.3 Å². The molecule has 1 aromatic carbocycles. The first-order valence-electron chi connectivity index (χ1n) is 7.52. The minimum absolute atomic E-state index is 0.221. The predicted molar refractivity (Wildman–Crippen MR) is 85.0 cm³/mol. The number of pyridine rings is 1. The van der Waals surface area contributed by atoms with Crippen LogP contribution in [0.25, 0.3) is 10.9 Å². The molecular weight excluding hydrogens is 248 g/mol. The summed E-state index contributed by atoms with van der Waals surface area (Å²) in [4.78, 5) is 4.33. The third-order valence-electron chi connectivity index (χ3n) is 3.55. The molecule has 0 bridgehead atoms. The van der Waals surface area contributed by atoms with Crippen molar-refractivity contribution in [3.63, 3.8) is 0 Å². The molecule has 0 saturated carbocycles. The largest absolute Gasteiger partial charge is 0.490 e. The van der Waals surface area contributed by atoms with Crippen LogP contribution in [0.15, 0.2) is 30.5 Å². The highest BCUT2D eigenvalue weighted by Gasteiger charge is 2.09. The van der Waals surface area contributed by atoms with Crippen molar-refractivity contribution in [1.82, 2.24) is 4.98 Å². The van der Waals surface area contributed by atoms with Crippen LogP contribution in [0.3, 0.4) is 0 Å². The Morgan fingerprint density at radius 1 is 1.20 bits per heavy atom. The van der Waals surface area contributed by atoms with Gasteiger partial charge in [0.2, 0.25) is 0 Å². The smallest absolute Gasteiger partial charge is 0.130 e. The van der Waals surface area contributed by atoms with Gasteiger partial charge < -0.3 is 10.5 Å². The SMILES string of the molecule is CCCCCCC(C)Oc1ccnc2c(N)cccc12. The molecule has 2 aromatic rings. The molecule has 0 radical (unpaired) electrons. The molecule has 1 heterocycles. The van der Waals surface area contributed by atoms with Crippen molar-refractivity contribution in [3.8, 4) is 5.75 Å². The van der Waals surface area contributed by atoms with Crippen LogP contribution in [0, 0.1) is 0 Å². The summed E-state index contributed by atoms with van der Waals surface area (Å²) in [6.45, 7) is 4.36. The van der Waals surface area contributed by atoms with Crippen molar-refractivity contribution in [1.29, 1.82) is 0 Å². The first-order chi connectivity index (χ1) is 9.72. The fraction of sp³-hybridized carbons (Fsp3) is 0.471. The van der Waals surface area contributed by atoms with E-state index in [0.29, 0.717) is 5.69 Å². The van der Waals surface area contributed by atoms with Crippen molar-refractivity contribution in [2.75, 3.05) is 5.73 Å². The quantitative estimate of drug-likeness (QED) is 0.594. The Bertz CT molecular complexity index is 554. The first-order valence-corrected chi connectivity index (χ1v) is 7.52. The molecule has 0 spiro atoms. The monoisotopic (exact) mass is 272 g/mol. The van der Waals surface area contributed by atoms with Gasteiger partial charge in [-0.3, -0.25) is 4.98 Å². The summed E-state index contributed by atoms with van der Waals surface area (Å²) in [5.41, 5.74) is 7.47. The Hall–Kier alpha value is -1.77. The van der Waals surface area contributed by atoms with E-state index in [1.807, 2.05) is 24.3 Å². The van der Waals surface area contributed by atoms with Gasteiger partial charge >= 0.3 is 0 Å². The van der Waals surface area contributed by atoms with Gasteiger partial charge in [-0.15, -0.1) is 0 Å². The summed E-state index contributed by atoms with van der Waals surface area (Å²) in [6.07, 6.45) is 8.16. The van der Waals surface area contributed by atoms with E-state index in [9.17, 15) is 0 Å². The molecule has 0 amide bonds. The lowest BCUT2D eigenvalue weighted by atomic mass is 10.1. The number of nitrogens with two attached hydrogens (primary N) is 1. The average Bonchev–Trinajstić information content (AvgIpc) is 2.45. The van der Waals surface area contributed by atoms with Gasteiger partial charge in [0.15, 0.2) is 0 Å². The van der Waals surface area contributed by atoms with E-state index < -0.39 is 0 Å². The van der Waals surface area contributed by atoms with E-state index in [0.717, 1.165) is 23.1 Å². The van der Waals surface area contributed by atoms with Crippen molar-refractivity contribution < 1.29 is 4.74 Å². The van der Waals surface area contributed by atoms with Gasteiger partial charge in [0.1, 0.15) is 5.75 Å². The highest BCUT2D eigenvalue weighted by Crippen LogP contribution is 2.28. The molecule has 0 aliphatic heterocycles. The van der Waals surface area contributed by atoms with Gasteiger partial charge in [-0.05, 0) is 38.0 Å². The average molecular weight is 272 g/mol. The van der Waals surface area contributed by atoms with Crippen LogP contribution < -0.4 is 10.5 Å². The molecule has 2 N–H and O–H groups in total. The molecule has 3 nitrogen and oxygen atoms in total. The highest BCUT2D eigenvalue weighted by atomic mass is 16.5. The second kappa shape index (κ2) is 7.13. The molecule has 0 fully saturated rings. The molecule has 2 rings (SSSR count). The summed E-state index contributed by atoms with van der Waals surface area (Å²) >= 11 is 0. The maximum Gasteiger partial charge on any atom is 0.130 e. The van der Waals surface area contributed by atoms with E-state index >= 15 is 0 Å². The van der Waals surface area contributed by atoms with E-state index in [2.05, 4.69) is 18.8 Å². The maximum atomic E-state index is 6.07. The molecule has 1 atom stereocenters. The standard InChI is InChI=1S/C17H24N2O/c1-3-4-5-6-8-13(2)20-16-11-12-19-17-14(16)9-7-10-15(17)18/h7,9-13H,3-6,8,18H2,1-2H3. The highest BCUT2D eigenvalue weighted by molar-refractivity contribution is 5.93. The normalized spacial score (nSPS) is 12.5. The summed E-state index contributed by atoms with van der Waals surface area (Å²) in [5.74, 6) is 0.880. The summed E-state index contributed by atoms with van der Waals surface area (Å²) in [7, 11) is 0. The predicted octanol–water partition coefficient (Wildman–Crippen LogP) is 4.55. The Balaban J connectivity index is 2.04. The van der Waals surface area contributed by atoms with E-state index in [-0.39, 0.29) is 6.10 Å². The Kier molecular flexibility index (Phi) is 5.22. The minimum Gasteiger partial charge on any atom is -0.490 e. The minimum atomic E-state index is 0.221. The number of anilines is 1. The third-order valence-corrected chi connectivity index (χ3v) is 3.55. The van der Waals surface area contributed by atoms with E-state index in [1.54, 1.807) is 6.20 Å². The zero-order valence-electron chi connectivity index (χ0n) is 12.4. The van der Waals surface area contributed by atoms with Gasteiger partial charge in [0.25, 0.3) is 0 Å². The number of aromatic nitrogens is 1. The summed E-state index contributed by atoms with van der Waals surface area (Å²) in [6, 6.07) is 7.74. The lowest BCUT2D eigenvalue weighted by Gasteiger charge is -2.16. The Morgan fingerprint density at radius 3 is 2.85 bits per heavy atom. The number of para-hydroxylation sites is 1. The van der Waals surface area contributed by atoms with Gasteiger partial charge in [0.05, 0.1) is 17.3 Å². The molecule has 0 aliphatic rings. The van der Waals surface area contributed by atoms with Gasteiger partial charge in [-0.2, -0.15) is 0 Å². The van der Waals surface area contributed by atoms with Crippen molar-refractivity contribution in [2.45, 2.75) is 52.1 Å². The second-order valence-electron chi connectivity index (χ2n) is 5.33. The topological polar surface area (TPSA) is 48.1 Å². The summed E-state index contributed by atoms with van der Waals surface area (Å²) < 4.78 is 6.07. The number of unbranched alkanes of at least 4 members (excludes halogenated alkanes) is 3. The number of nitrogen functional groups attached to an aromatic ring is 1. The van der Waals surface area contributed by atoms with Crippen LogP contribution in [-0.2, 0) is 0 Å². The molecular formula is C17H24N2O. The van der Waals surface area contributed by atoms with E-state index in [1.165, 1.54) is 25.7 Å². The number of rotatable bonds is 7. The van der Waals surface area contributed by atoms with Gasteiger partial charge in [0, 0.05) is 11.6 Å². The first kappa shape index (κ1) is 14.6. The van der Waals surface area contributed by atoms with Crippen LogP contribution in [0.1, 0.15) is 46.0 Å². The Morgan fingerprint density at radius 2 is 2.05 bits per heavy atom. The molecule has 0 aliphatic carbocycles. The molecule has 1 unspecified atom stereocenters. The number of fused-ring (bicyclic) bond motifs is 1. The number of ether oxygens (including phenoxy) is 1. The van der Waals surface area contributed by atoms with Crippen molar-refractivity contribution in [2.24, 2.45) is 0 Å². The van der Waals surface area contributed by atoms with E-state index in [4.69, 9.17) is 10.5 Å². The Labute approximate surface area is 121 Å². The fourth-order valence-electron chi connectivity index (χ4n) is 2.41. The molecule has 0 saturated heterocycles. The lowest BCUT2D eigenvalue weighted by Crippen LogP contribution is -2.12. The maximum absolute atomic E-state index is 6.07. The van der Waals surface area contributed by atoms with Crippen LogP contribution in [0.5, 0.6) is 5.75 Å². The van der Waals surface area contributed by atoms with Crippen LogP contribution in [-0.4, -0.2) is 11.1 Å². The second-order valence-corrected chi connectivity index (χ2v) is 5.33. The van der Waals surface area contributed by atoms with Gasteiger partial charge in [-0.25, -0.2) is 0 Å². The molecule has 1 aromatic heterocycles. The van der Waals surface area contributed by atoms with Crippen LogP contribution in [0.4, 0.5) is 5.69 Å². The van der Waals surface area contributed by atoms with Crippen molar-refractivity contribution in [3.05, 3.63) is 30.5 Å². The third kappa shape index (κ3) is 3.62. The number of benzene rings is 1. The lowest BCUT2D eigenvalue weighted by molar-refractivity contribution is 0.209. The number of nitrogens with zero attached hydrogens (tertiary/aromatic N) is 1. The molecule has 20 heavy (non-hydrogen) atoms. The molecule has 3 heteroatoms. The molecule has 108 valence electrons. The number of hydrogen-bond acceptors (Lipinski definition) is 3. The zero-order chi connectivity index (χ0) is 14.4. The number of hydrogen-bond donors (Lipinski definition) is 1. The van der Waals surface area contributed by atoms with Crippen LogP contribution in [0.2, 0.25) is 0 Å². The summed E-state index contributed by atoms with van der Waals surface area (Å²) in [5, 5.41) is 0.993. The van der Waals surface area contributed by atoms with Crippen LogP contribution >= 0.6 is 0 Å². The zero-order valence-corrected chi connectivity index (χ0v) is 12.4. The van der Waals surface area contributed by atoms with Crippen molar-refractivity contribution >= 4 is 16.6 Å². The fourth-order valence-corrected chi connectivity index (χ4v) is 2.41.